The zero-order chi connectivity index (χ0) is 25.3. The molecule has 0 aliphatic heterocycles. The van der Waals surface area contributed by atoms with Gasteiger partial charge in [0.2, 0.25) is 0 Å². The second kappa shape index (κ2) is 10.0. The minimum absolute atomic E-state index is 0.177. The number of benzene rings is 1. The molecule has 0 saturated heterocycles. The van der Waals surface area contributed by atoms with E-state index in [-0.39, 0.29) is 29.2 Å². The molecule has 0 bridgehead atoms. The lowest BCUT2D eigenvalue weighted by atomic mass is 9.90. The lowest BCUT2D eigenvalue weighted by molar-refractivity contribution is -0.140. The Kier molecular flexibility index (Phi) is 7.21. The van der Waals surface area contributed by atoms with Crippen molar-refractivity contribution in [3.8, 4) is 0 Å². The van der Waals surface area contributed by atoms with Crippen LogP contribution >= 0.6 is 11.6 Å². The van der Waals surface area contributed by atoms with Gasteiger partial charge in [0, 0.05) is 40.1 Å². The number of aryl methyl sites for hydroxylation is 1. The normalized spacial score (nSPS) is 18.7. The van der Waals surface area contributed by atoms with Crippen LogP contribution in [0.1, 0.15) is 47.4 Å². The second-order valence-corrected chi connectivity index (χ2v) is 9.24. The lowest BCUT2D eigenvalue weighted by Crippen LogP contribution is -2.41. The minimum Gasteiger partial charge on any atom is -0.382 e. The van der Waals surface area contributed by atoms with Crippen molar-refractivity contribution in [3.05, 3.63) is 58.5 Å². The van der Waals surface area contributed by atoms with Crippen LogP contribution in [0.3, 0.4) is 0 Å². The molecule has 188 valence electrons. The van der Waals surface area contributed by atoms with Gasteiger partial charge in [0.05, 0.1) is 17.6 Å². The number of pyridine rings is 1. The number of hydrogen-bond acceptors (Lipinski definition) is 3. The van der Waals surface area contributed by atoms with Crippen LogP contribution < -0.4 is 10.6 Å². The highest BCUT2D eigenvalue weighted by Crippen LogP contribution is 2.35. The molecule has 1 saturated carbocycles. The van der Waals surface area contributed by atoms with Gasteiger partial charge in [-0.25, -0.2) is 13.8 Å². The third kappa shape index (κ3) is 6.04. The van der Waals surface area contributed by atoms with E-state index in [4.69, 9.17) is 11.6 Å². The molecule has 4 rings (SSSR count). The molecule has 2 N–H and O–H groups in total. The Morgan fingerprint density at radius 1 is 1.20 bits per heavy atom. The molecule has 3 aromatic rings. The van der Waals surface area contributed by atoms with E-state index in [1.807, 2.05) is 0 Å². The lowest BCUT2D eigenvalue weighted by Gasteiger charge is -2.31. The van der Waals surface area contributed by atoms with E-state index in [1.54, 1.807) is 19.1 Å². The van der Waals surface area contributed by atoms with Gasteiger partial charge in [-0.15, -0.1) is 0 Å². The number of alkyl halides is 5. The van der Waals surface area contributed by atoms with E-state index in [9.17, 15) is 26.7 Å². The minimum atomic E-state index is -4.60. The van der Waals surface area contributed by atoms with Gasteiger partial charge in [0.1, 0.15) is 5.69 Å². The summed E-state index contributed by atoms with van der Waals surface area (Å²) < 4.78 is 67.0. The number of rotatable bonds is 6. The molecule has 1 fully saturated rings. The number of halogens is 6. The van der Waals surface area contributed by atoms with Gasteiger partial charge in [-0.3, -0.25) is 4.79 Å². The fourth-order valence-corrected chi connectivity index (χ4v) is 4.66. The zero-order valence-electron chi connectivity index (χ0n) is 18.8. The van der Waals surface area contributed by atoms with Crippen molar-refractivity contribution in [2.24, 2.45) is 0 Å². The highest BCUT2D eigenvalue weighted by atomic mass is 35.5. The Labute approximate surface area is 203 Å². The molecule has 35 heavy (non-hydrogen) atoms. The molecule has 2 aromatic heterocycles. The molecule has 0 spiro atoms. The van der Waals surface area contributed by atoms with Crippen molar-refractivity contribution < 1.29 is 26.7 Å². The number of hydrogen-bond donors (Lipinski definition) is 2. The molecular weight excluding hydrogens is 491 g/mol. The summed E-state index contributed by atoms with van der Waals surface area (Å²) in [7, 11) is 0. The molecule has 5 nitrogen and oxygen atoms in total. The van der Waals surface area contributed by atoms with Gasteiger partial charge < -0.3 is 15.2 Å². The number of carbonyl (C=O) groups excluding carboxylic acids is 1. The van der Waals surface area contributed by atoms with Gasteiger partial charge in [-0.05, 0) is 62.9 Å². The highest BCUT2D eigenvalue weighted by molar-refractivity contribution is 6.31. The molecule has 1 aliphatic rings. The van der Waals surface area contributed by atoms with Crippen molar-refractivity contribution in [3.63, 3.8) is 0 Å². The molecule has 0 radical (unpaired) electrons. The molecule has 11 heteroatoms. The maximum atomic E-state index is 13.4. The first-order chi connectivity index (χ1) is 16.5. The number of nitrogens with one attached hydrogen (secondary N) is 2. The zero-order valence-corrected chi connectivity index (χ0v) is 19.6. The fraction of sp³-hybridized carbons (Fsp3) is 0.417. The first-order valence-corrected chi connectivity index (χ1v) is 11.6. The Bertz CT molecular complexity index is 1230. The Hall–Kier alpha value is -2.88. The maximum absolute atomic E-state index is 13.4. The summed E-state index contributed by atoms with van der Waals surface area (Å²) in [6.07, 6.45) is -3.07. The van der Waals surface area contributed by atoms with Crippen LogP contribution in [0, 0.1) is 6.92 Å². The van der Waals surface area contributed by atoms with Gasteiger partial charge in [0.25, 0.3) is 12.3 Å². The first kappa shape index (κ1) is 25.2. The fourth-order valence-electron chi connectivity index (χ4n) is 4.49. The standard InChI is InChI=1S/C24H24ClF5N4O/c1-13-7-14(11-34(13)12-22(26)27)23(35)32-17-4-2-3-16(9-17)31-20-10-21(24(28,29)30)33-19-6-5-15(25)8-18(19)20/h5-8,10-11,16-17,22H,2-4,9,12H2,1H3,(H,31,33)(H,32,35)/t16-,17+/m0/s1. The number of carbonyl (C=O) groups is 1. The predicted molar refractivity (Wildman–Crippen MR) is 124 cm³/mol. The van der Waals surface area contributed by atoms with Gasteiger partial charge >= 0.3 is 6.18 Å². The Balaban J connectivity index is 1.49. The van der Waals surface area contributed by atoms with E-state index in [2.05, 4.69) is 15.6 Å². The van der Waals surface area contributed by atoms with Crippen LogP contribution in [0.2, 0.25) is 5.02 Å². The topological polar surface area (TPSA) is 59.0 Å². The first-order valence-electron chi connectivity index (χ1n) is 11.2. The highest BCUT2D eigenvalue weighted by Gasteiger charge is 2.34. The summed E-state index contributed by atoms with van der Waals surface area (Å²) in [4.78, 5) is 16.4. The third-order valence-electron chi connectivity index (χ3n) is 6.14. The van der Waals surface area contributed by atoms with Crippen LogP contribution in [0.5, 0.6) is 0 Å². The van der Waals surface area contributed by atoms with E-state index < -0.39 is 24.8 Å². The van der Waals surface area contributed by atoms with Crippen molar-refractivity contribution in [1.82, 2.24) is 14.9 Å². The number of amides is 1. The molecule has 1 aliphatic carbocycles. The third-order valence-corrected chi connectivity index (χ3v) is 6.37. The molecule has 0 unspecified atom stereocenters. The van der Waals surface area contributed by atoms with Crippen molar-refractivity contribution in [2.75, 3.05) is 5.32 Å². The maximum Gasteiger partial charge on any atom is 0.433 e. The summed E-state index contributed by atoms with van der Waals surface area (Å²) in [5.41, 5.74) is 0.307. The molecule has 2 atom stereocenters. The van der Waals surface area contributed by atoms with Gasteiger partial charge in [-0.1, -0.05) is 11.6 Å². The van der Waals surface area contributed by atoms with E-state index in [0.29, 0.717) is 40.9 Å². The van der Waals surface area contributed by atoms with E-state index >= 15 is 0 Å². The smallest absolute Gasteiger partial charge is 0.382 e. The van der Waals surface area contributed by atoms with Crippen LogP contribution in [0.25, 0.3) is 10.9 Å². The van der Waals surface area contributed by atoms with Crippen molar-refractivity contribution >= 4 is 34.1 Å². The largest absolute Gasteiger partial charge is 0.433 e. The van der Waals surface area contributed by atoms with Gasteiger partial charge in [-0.2, -0.15) is 13.2 Å². The molecule has 1 aromatic carbocycles. The summed E-state index contributed by atoms with van der Waals surface area (Å²) in [6.45, 7) is 1.17. The molecule has 1 amide bonds. The quantitative estimate of drug-likeness (QED) is 0.372. The summed E-state index contributed by atoms with van der Waals surface area (Å²) in [6, 6.07) is 6.64. The van der Waals surface area contributed by atoms with Crippen LogP contribution in [0.4, 0.5) is 27.6 Å². The Morgan fingerprint density at radius 3 is 2.66 bits per heavy atom. The monoisotopic (exact) mass is 514 g/mol. The summed E-state index contributed by atoms with van der Waals surface area (Å²) in [5.74, 6) is -0.368. The van der Waals surface area contributed by atoms with Crippen LogP contribution in [0.15, 0.2) is 36.5 Å². The summed E-state index contributed by atoms with van der Waals surface area (Å²) >= 11 is 6.07. The summed E-state index contributed by atoms with van der Waals surface area (Å²) in [5, 5.41) is 7.00. The second-order valence-electron chi connectivity index (χ2n) is 8.81. The predicted octanol–water partition coefficient (Wildman–Crippen LogP) is 6.44. The number of aromatic nitrogens is 2. The number of anilines is 1. The molecular formula is C24H24ClF5N4O. The number of fused-ring (bicyclic) bond motifs is 1. The Morgan fingerprint density at radius 2 is 1.94 bits per heavy atom. The van der Waals surface area contributed by atoms with E-state index in [0.717, 1.165) is 12.5 Å². The molecule has 2 heterocycles. The van der Waals surface area contributed by atoms with Crippen LogP contribution in [-0.2, 0) is 12.7 Å². The van der Waals surface area contributed by atoms with Crippen molar-refractivity contribution in [2.45, 2.75) is 63.8 Å². The average Bonchev–Trinajstić information content (AvgIpc) is 3.13. The SMILES string of the molecule is Cc1cc(C(=O)N[C@@H]2CCC[C@H](Nc3cc(C(F)(F)F)nc4ccc(Cl)cc34)C2)cn1CC(F)F. The number of nitrogens with zero attached hydrogens (tertiary/aromatic N) is 2. The van der Waals surface area contributed by atoms with Crippen molar-refractivity contribution in [1.29, 1.82) is 0 Å². The van der Waals surface area contributed by atoms with Gasteiger partial charge in [0.15, 0.2) is 0 Å². The van der Waals surface area contributed by atoms with E-state index in [1.165, 1.54) is 22.9 Å². The average molecular weight is 515 g/mol. The van der Waals surface area contributed by atoms with Crippen LogP contribution in [-0.4, -0.2) is 34.0 Å².